The minimum Gasteiger partial charge on any atom is -0.491 e. The van der Waals surface area contributed by atoms with Crippen molar-refractivity contribution in [3.8, 4) is 5.75 Å². The van der Waals surface area contributed by atoms with Gasteiger partial charge < -0.3 is 15.2 Å². The molecule has 0 heterocycles. The number of hydrogen-bond donors (Lipinski definition) is 2. The van der Waals surface area contributed by atoms with Gasteiger partial charge in [0.2, 0.25) is 0 Å². The molecule has 0 spiro atoms. The van der Waals surface area contributed by atoms with Gasteiger partial charge in [-0.25, -0.2) is 4.39 Å². The lowest BCUT2D eigenvalue weighted by atomic mass is 10.3. The summed E-state index contributed by atoms with van der Waals surface area (Å²) in [4.78, 5) is 0. The molecule has 5 heteroatoms. The molecule has 2 unspecified atom stereocenters. The van der Waals surface area contributed by atoms with Gasteiger partial charge in [0.1, 0.15) is 24.3 Å². The first-order valence-corrected chi connectivity index (χ1v) is 7.20. The number of ether oxygens (including phenoxy) is 1. The number of aliphatic hydroxyl groups is 1. The van der Waals surface area contributed by atoms with Crippen molar-refractivity contribution < 1.29 is 14.2 Å². The van der Waals surface area contributed by atoms with Gasteiger partial charge >= 0.3 is 0 Å². The Morgan fingerprint density at radius 1 is 1.33 bits per heavy atom. The highest BCUT2D eigenvalue weighted by Gasteiger charge is 2.06. The van der Waals surface area contributed by atoms with Crippen molar-refractivity contribution in [2.75, 3.05) is 26.0 Å². The van der Waals surface area contributed by atoms with Crippen LogP contribution in [0.1, 0.15) is 6.92 Å². The van der Waals surface area contributed by atoms with E-state index in [-0.39, 0.29) is 12.4 Å². The van der Waals surface area contributed by atoms with E-state index in [2.05, 4.69) is 18.5 Å². The number of thioether (sulfide) groups is 1. The second-order valence-electron chi connectivity index (χ2n) is 4.12. The molecule has 2 atom stereocenters. The van der Waals surface area contributed by atoms with E-state index >= 15 is 0 Å². The number of halogens is 1. The van der Waals surface area contributed by atoms with E-state index in [9.17, 15) is 9.50 Å². The fourth-order valence-electron chi connectivity index (χ4n) is 1.32. The minimum absolute atomic E-state index is 0.201. The maximum Gasteiger partial charge on any atom is 0.123 e. The van der Waals surface area contributed by atoms with E-state index in [1.165, 1.54) is 12.1 Å². The molecule has 18 heavy (non-hydrogen) atoms. The van der Waals surface area contributed by atoms with E-state index in [0.29, 0.717) is 17.5 Å². The van der Waals surface area contributed by atoms with Crippen LogP contribution in [-0.4, -0.2) is 42.4 Å². The van der Waals surface area contributed by atoms with Crippen molar-refractivity contribution in [1.29, 1.82) is 0 Å². The van der Waals surface area contributed by atoms with Crippen LogP contribution in [0.5, 0.6) is 5.75 Å². The fourth-order valence-corrected chi connectivity index (χ4v) is 1.60. The first-order valence-electron chi connectivity index (χ1n) is 5.91. The van der Waals surface area contributed by atoms with Crippen LogP contribution in [0.4, 0.5) is 4.39 Å². The molecule has 102 valence electrons. The molecule has 2 N–H and O–H groups in total. The Morgan fingerprint density at radius 3 is 2.61 bits per heavy atom. The SMILES string of the molecule is CSC(C)CNCC(O)COc1ccc(F)cc1. The van der Waals surface area contributed by atoms with Gasteiger partial charge in [0.05, 0.1) is 0 Å². The van der Waals surface area contributed by atoms with Gasteiger partial charge in [0, 0.05) is 18.3 Å². The Hall–Kier alpha value is -0.780. The van der Waals surface area contributed by atoms with Gasteiger partial charge in [0.25, 0.3) is 0 Å². The molecular formula is C13H20FNO2S. The molecule has 0 aromatic heterocycles. The number of nitrogens with one attached hydrogen (secondary N) is 1. The monoisotopic (exact) mass is 273 g/mol. The Kier molecular flexibility index (Phi) is 7.08. The second-order valence-corrected chi connectivity index (χ2v) is 5.40. The van der Waals surface area contributed by atoms with Gasteiger partial charge in [-0.05, 0) is 30.5 Å². The Labute approximate surface area is 112 Å². The predicted molar refractivity (Wildman–Crippen MR) is 73.7 cm³/mol. The Morgan fingerprint density at radius 2 is 2.00 bits per heavy atom. The Bertz CT molecular complexity index is 334. The molecule has 0 aliphatic carbocycles. The van der Waals surface area contributed by atoms with Gasteiger partial charge in [-0.15, -0.1) is 0 Å². The summed E-state index contributed by atoms with van der Waals surface area (Å²) in [6.07, 6.45) is 1.49. The van der Waals surface area contributed by atoms with Crippen LogP contribution < -0.4 is 10.1 Å². The van der Waals surface area contributed by atoms with Crippen LogP contribution in [-0.2, 0) is 0 Å². The van der Waals surface area contributed by atoms with E-state index in [0.717, 1.165) is 6.54 Å². The molecule has 0 bridgehead atoms. The quantitative estimate of drug-likeness (QED) is 0.759. The van der Waals surface area contributed by atoms with Crippen molar-refractivity contribution in [2.24, 2.45) is 0 Å². The lowest BCUT2D eigenvalue weighted by Crippen LogP contribution is -2.34. The maximum absolute atomic E-state index is 12.6. The third-order valence-electron chi connectivity index (χ3n) is 2.47. The molecule has 3 nitrogen and oxygen atoms in total. The summed E-state index contributed by atoms with van der Waals surface area (Å²) in [6, 6.07) is 5.76. The zero-order chi connectivity index (χ0) is 13.4. The minimum atomic E-state index is -0.566. The molecule has 0 radical (unpaired) electrons. The lowest BCUT2D eigenvalue weighted by molar-refractivity contribution is 0.106. The van der Waals surface area contributed by atoms with Crippen LogP contribution in [0.3, 0.4) is 0 Å². The van der Waals surface area contributed by atoms with Crippen LogP contribution in [0.15, 0.2) is 24.3 Å². The van der Waals surface area contributed by atoms with Crippen molar-refractivity contribution in [3.63, 3.8) is 0 Å². The topological polar surface area (TPSA) is 41.5 Å². The molecule has 0 aliphatic rings. The van der Waals surface area contributed by atoms with Crippen molar-refractivity contribution in [2.45, 2.75) is 18.3 Å². The standard InChI is InChI=1S/C13H20FNO2S/c1-10(18-2)7-15-8-12(16)9-17-13-5-3-11(14)4-6-13/h3-6,10,12,15-16H,7-9H2,1-2H3. The summed E-state index contributed by atoms with van der Waals surface area (Å²) >= 11 is 1.78. The number of aliphatic hydroxyl groups excluding tert-OH is 1. The largest absolute Gasteiger partial charge is 0.491 e. The molecule has 0 aliphatic heterocycles. The third-order valence-corrected chi connectivity index (χ3v) is 3.44. The zero-order valence-corrected chi connectivity index (χ0v) is 11.5. The number of hydrogen-bond acceptors (Lipinski definition) is 4. The van der Waals surface area contributed by atoms with E-state index in [1.54, 1.807) is 23.9 Å². The molecule has 0 saturated heterocycles. The van der Waals surface area contributed by atoms with Crippen LogP contribution in [0.2, 0.25) is 0 Å². The molecule has 1 aromatic carbocycles. The lowest BCUT2D eigenvalue weighted by Gasteiger charge is -2.15. The highest BCUT2D eigenvalue weighted by molar-refractivity contribution is 7.99. The zero-order valence-electron chi connectivity index (χ0n) is 10.7. The molecule has 0 saturated carbocycles. The smallest absolute Gasteiger partial charge is 0.123 e. The summed E-state index contributed by atoms with van der Waals surface area (Å²) < 4.78 is 18.0. The summed E-state index contributed by atoms with van der Waals surface area (Å²) in [5.41, 5.74) is 0. The average molecular weight is 273 g/mol. The van der Waals surface area contributed by atoms with Gasteiger partial charge in [-0.1, -0.05) is 6.92 Å². The molecule has 1 aromatic rings. The maximum atomic E-state index is 12.6. The summed E-state index contributed by atoms with van der Waals surface area (Å²) in [5, 5.41) is 13.4. The molecule has 0 fully saturated rings. The highest BCUT2D eigenvalue weighted by Crippen LogP contribution is 2.11. The van der Waals surface area contributed by atoms with E-state index in [1.807, 2.05) is 0 Å². The van der Waals surface area contributed by atoms with Crippen molar-refractivity contribution in [3.05, 3.63) is 30.1 Å². The average Bonchev–Trinajstić information content (AvgIpc) is 2.38. The first kappa shape index (κ1) is 15.3. The summed E-state index contributed by atoms with van der Waals surface area (Å²) in [7, 11) is 0. The normalized spacial score (nSPS) is 14.2. The van der Waals surface area contributed by atoms with Crippen molar-refractivity contribution in [1.82, 2.24) is 5.32 Å². The summed E-state index contributed by atoms with van der Waals surface area (Å²) in [6.45, 7) is 3.67. The third kappa shape index (κ3) is 6.23. The van der Waals surface area contributed by atoms with Crippen LogP contribution >= 0.6 is 11.8 Å². The van der Waals surface area contributed by atoms with Crippen LogP contribution in [0, 0.1) is 5.82 Å². The van der Waals surface area contributed by atoms with Gasteiger partial charge in [-0.2, -0.15) is 11.8 Å². The Balaban J connectivity index is 2.16. The number of rotatable bonds is 8. The highest BCUT2D eigenvalue weighted by atomic mass is 32.2. The fraction of sp³-hybridized carbons (Fsp3) is 0.538. The van der Waals surface area contributed by atoms with Crippen molar-refractivity contribution >= 4 is 11.8 Å². The molecule has 1 rings (SSSR count). The van der Waals surface area contributed by atoms with Gasteiger partial charge in [0.15, 0.2) is 0 Å². The second kappa shape index (κ2) is 8.34. The predicted octanol–water partition coefficient (Wildman–Crippen LogP) is 1.91. The summed E-state index contributed by atoms with van der Waals surface area (Å²) in [5.74, 6) is 0.267. The van der Waals surface area contributed by atoms with E-state index < -0.39 is 6.10 Å². The first-order chi connectivity index (χ1) is 8.61. The van der Waals surface area contributed by atoms with Crippen LogP contribution in [0.25, 0.3) is 0 Å². The molecular weight excluding hydrogens is 253 g/mol. The van der Waals surface area contributed by atoms with E-state index in [4.69, 9.17) is 4.74 Å². The molecule has 0 amide bonds. The number of benzene rings is 1. The van der Waals surface area contributed by atoms with Gasteiger partial charge in [-0.3, -0.25) is 0 Å².